The lowest BCUT2D eigenvalue weighted by atomic mass is 10.1. The molecule has 28 heavy (non-hydrogen) atoms. The van der Waals surface area contributed by atoms with E-state index in [2.05, 4.69) is 9.24 Å². The van der Waals surface area contributed by atoms with Crippen molar-refractivity contribution in [1.82, 2.24) is 0 Å². The van der Waals surface area contributed by atoms with Gasteiger partial charge in [0.25, 0.3) is 0 Å². The van der Waals surface area contributed by atoms with Crippen molar-refractivity contribution >= 4 is 21.2 Å². The third-order valence-electron chi connectivity index (χ3n) is 4.27. The minimum absolute atomic E-state index is 0.391. The van der Waals surface area contributed by atoms with E-state index >= 15 is 0 Å². The molecular weight excluding hydrogens is 371 g/mol. The van der Waals surface area contributed by atoms with Crippen LogP contribution in [0, 0.1) is 13.8 Å². The Morgan fingerprint density at radius 2 is 1.39 bits per heavy atom. The van der Waals surface area contributed by atoms with Crippen LogP contribution < -0.4 is 9.47 Å². The molecule has 0 N–H and O–H groups in total. The molecule has 0 spiro atoms. The van der Waals surface area contributed by atoms with Crippen LogP contribution in [-0.2, 0) is 6.16 Å². The number of ether oxygens (including phenoxy) is 2. The second-order valence-corrected chi connectivity index (χ2v) is 6.88. The fourth-order valence-corrected chi connectivity index (χ4v) is 2.87. The molecule has 0 aliphatic carbocycles. The van der Waals surface area contributed by atoms with Gasteiger partial charge in [-0.3, -0.25) is 0 Å². The minimum Gasteiger partial charge on any atom is -0.423 e. The Kier molecular flexibility index (Phi) is 6.23. The average Bonchev–Trinajstić information content (AvgIpc) is 2.71. The summed E-state index contributed by atoms with van der Waals surface area (Å²) in [6.45, 7) is 3.74. The maximum absolute atomic E-state index is 12.3. The van der Waals surface area contributed by atoms with Gasteiger partial charge in [0.1, 0.15) is 11.5 Å². The number of esters is 2. The number of rotatable bonds is 5. The molecule has 5 heteroatoms. The summed E-state index contributed by atoms with van der Waals surface area (Å²) < 4.78 is 10.8. The smallest absolute Gasteiger partial charge is 0.343 e. The van der Waals surface area contributed by atoms with E-state index in [0.29, 0.717) is 28.2 Å². The normalized spacial score (nSPS) is 10.4. The monoisotopic (exact) mass is 392 g/mol. The maximum atomic E-state index is 12.3. The van der Waals surface area contributed by atoms with Gasteiger partial charge in [-0.25, -0.2) is 9.59 Å². The molecule has 0 saturated carbocycles. The first kappa shape index (κ1) is 19.8. The largest absolute Gasteiger partial charge is 0.423 e. The predicted octanol–water partition coefficient (Wildman–Crippen LogP) is 5.12. The third kappa shape index (κ3) is 4.85. The molecule has 0 heterocycles. The van der Waals surface area contributed by atoms with Crippen LogP contribution in [0.3, 0.4) is 0 Å². The molecule has 0 bridgehead atoms. The summed E-state index contributed by atoms with van der Waals surface area (Å²) in [7, 11) is 2.64. The quantitative estimate of drug-likeness (QED) is 0.344. The molecule has 0 aromatic heterocycles. The lowest BCUT2D eigenvalue weighted by Crippen LogP contribution is -2.11. The Labute approximate surface area is 166 Å². The molecule has 0 saturated heterocycles. The molecule has 0 amide bonds. The van der Waals surface area contributed by atoms with E-state index in [0.717, 1.165) is 17.3 Å². The number of hydrogen-bond acceptors (Lipinski definition) is 4. The lowest BCUT2D eigenvalue weighted by molar-refractivity contribution is 0.0730. The fourth-order valence-electron chi connectivity index (χ4n) is 2.60. The van der Waals surface area contributed by atoms with Crippen molar-refractivity contribution in [2.24, 2.45) is 0 Å². The van der Waals surface area contributed by atoms with Gasteiger partial charge in [-0.15, -0.1) is 9.24 Å². The standard InChI is InChI=1S/C23H21O4P/c1-15-3-10-20(11-4-15)26-23(25)19-9-12-21(16(2)13-19)27-22(24)18-7-5-17(14-28)6-8-18/h3-13H,14,28H2,1-2H3. The van der Waals surface area contributed by atoms with Gasteiger partial charge in [-0.2, -0.15) is 0 Å². The van der Waals surface area contributed by atoms with Crippen LogP contribution in [0.5, 0.6) is 11.5 Å². The van der Waals surface area contributed by atoms with Gasteiger partial charge in [0.2, 0.25) is 0 Å². The highest BCUT2D eigenvalue weighted by atomic mass is 31.0. The molecule has 0 aliphatic rings. The van der Waals surface area contributed by atoms with E-state index in [9.17, 15) is 9.59 Å². The number of benzene rings is 3. The van der Waals surface area contributed by atoms with Crippen LogP contribution in [-0.4, -0.2) is 11.9 Å². The highest BCUT2D eigenvalue weighted by molar-refractivity contribution is 7.15. The summed E-state index contributed by atoms with van der Waals surface area (Å²) in [4.78, 5) is 24.7. The van der Waals surface area contributed by atoms with Crippen LogP contribution in [0.15, 0.2) is 66.7 Å². The number of hydrogen-bond donors (Lipinski definition) is 0. The van der Waals surface area contributed by atoms with Gasteiger partial charge in [-0.05, 0) is 73.6 Å². The fraction of sp³-hybridized carbons (Fsp3) is 0.130. The summed E-state index contributed by atoms with van der Waals surface area (Å²) in [5.74, 6) is -0.00376. The highest BCUT2D eigenvalue weighted by Gasteiger charge is 2.14. The van der Waals surface area contributed by atoms with Gasteiger partial charge in [-0.1, -0.05) is 29.8 Å². The highest BCUT2D eigenvalue weighted by Crippen LogP contribution is 2.22. The van der Waals surface area contributed by atoms with E-state index in [1.807, 2.05) is 31.2 Å². The first-order valence-corrected chi connectivity index (χ1v) is 9.68. The zero-order valence-electron chi connectivity index (χ0n) is 15.8. The van der Waals surface area contributed by atoms with Gasteiger partial charge < -0.3 is 9.47 Å². The average molecular weight is 392 g/mol. The van der Waals surface area contributed by atoms with E-state index < -0.39 is 11.9 Å². The van der Waals surface area contributed by atoms with Crippen LogP contribution in [0.2, 0.25) is 0 Å². The summed E-state index contributed by atoms with van der Waals surface area (Å²) in [5, 5.41) is 0. The minimum atomic E-state index is -0.460. The topological polar surface area (TPSA) is 52.6 Å². The Hall–Kier alpha value is -2.97. The molecular formula is C23H21O4P. The number of carbonyl (C=O) groups excluding carboxylic acids is 2. The molecule has 0 aliphatic heterocycles. The van der Waals surface area contributed by atoms with Crippen LogP contribution in [0.4, 0.5) is 0 Å². The van der Waals surface area contributed by atoms with E-state index in [4.69, 9.17) is 9.47 Å². The van der Waals surface area contributed by atoms with Gasteiger partial charge >= 0.3 is 11.9 Å². The summed E-state index contributed by atoms with van der Waals surface area (Å²) in [6.07, 6.45) is 0.828. The molecule has 3 aromatic carbocycles. The predicted molar refractivity (Wildman–Crippen MR) is 112 cm³/mol. The second-order valence-electron chi connectivity index (χ2n) is 6.47. The first-order valence-electron chi connectivity index (χ1n) is 8.87. The SMILES string of the molecule is Cc1ccc(OC(=O)c2ccc(OC(=O)c3ccc(CP)cc3)c(C)c2)cc1. The van der Waals surface area contributed by atoms with E-state index in [1.54, 1.807) is 49.4 Å². The van der Waals surface area contributed by atoms with Crippen molar-refractivity contribution in [2.75, 3.05) is 0 Å². The molecule has 1 unspecified atom stereocenters. The molecule has 142 valence electrons. The third-order valence-corrected chi connectivity index (χ3v) is 4.74. The van der Waals surface area contributed by atoms with Crippen molar-refractivity contribution in [3.63, 3.8) is 0 Å². The maximum Gasteiger partial charge on any atom is 0.343 e. The van der Waals surface area contributed by atoms with Gasteiger partial charge in [0.05, 0.1) is 11.1 Å². The number of aryl methyl sites for hydroxylation is 2. The molecule has 0 radical (unpaired) electrons. The lowest BCUT2D eigenvalue weighted by Gasteiger charge is -2.10. The van der Waals surface area contributed by atoms with Gasteiger partial charge in [0, 0.05) is 0 Å². The molecule has 3 rings (SSSR count). The van der Waals surface area contributed by atoms with Crippen molar-refractivity contribution < 1.29 is 19.1 Å². The Morgan fingerprint density at radius 1 is 0.786 bits per heavy atom. The Balaban J connectivity index is 1.69. The van der Waals surface area contributed by atoms with Crippen molar-refractivity contribution in [1.29, 1.82) is 0 Å². The second kappa shape index (κ2) is 8.81. The number of carbonyl (C=O) groups is 2. The summed E-state index contributed by atoms with van der Waals surface area (Å²) in [5.41, 5.74) is 3.75. The van der Waals surface area contributed by atoms with Crippen molar-refractivity contribution in [3.05, 3.63) is 94.5 Å². The molecule has 4 nitrogen and oxygen atoms in total. The van der Waals surface area contributed by atoms with Crippen LogP contribution in [0.25, 0.3) is 0 Å². The molecule has 1 atom stereocenters. The zero-order chi connectivity index (χ0) is 20.1. The molecule has 3 aromatic rings. The van der Waals surface area contributed by atoms with Crippen LogP contribution in [0.1, 0.15) is 37.4 Å². The van der Waals surface area contributed by atoms with Gasteiger partial charge in [0.15, 0.2) is 0 Å². The first-order chi connectivity index (χ1) is 13.5. The van der Waals surface area contributed by atoms with E-state index in [-0.39, 0.29) is 0 Å². The van der Waals surface area contributed by atoms with Crippen molar-refractivity contribution in [3.8, 4) is 11.5 Å². The molecule has 0 fully saturated rings. The summed E-state index contributed by atoms with van der Waals surface area (Å²) in [6, 6.07) is 19.4. The zero-order valence-corrected chi connectivity index (χ0v) is 16.9. The van der Waals surface area contributed by atoms with E-state index in [1.165, 1.54) is 0 Å². The Bertz CT molecular complexity index is 992. The van der Waals surface area contributed by atoms with Crippen molar-refractivity contribution in [2.45, 2.75) is 20.0 Å². The van der Waals surface area contributed by atoms with Crippen LogP contribution >= 0.6 is 9.24 Å². The Morgan fingerprint density at radius 3 is 2.00 bits per heavy atom. The summed E-state index contributed by atoms with van der Waals surface area (Å²) >= 11 is 0.